The zero-order valence-electron chi connectivity index (χ0n) is 17.5. The van der Waals surface area contributed by atoms with Crippen LogP contribution in [0.3, 0.4) is 0 Å². The summed E-state index contributed by atoms with van der Waals surface area (Å²) < 4.78 is 10.5. The van der Waals surface area contributed by atoms with E-state index in [1.165, 1.54) is 5.56 Å². The highest BCUT2D eigenvalue weighted by atomic mass is 16.5. The summed E-state index contributed by atoms with van der Waals surface area (Å²) in [6.45, 7) is 2.06. The average molecular weight is 402 g/mol. The fourth-order valence-electron chi connectivity index (χ4n) is 3.29. The first kappa shape index (κ1) is 21.1. The molecule has 0 aliphatic heterocycles. The second-order valence-electron chi connectivity index (χ2n) is 6.94. The van der Waals surface area contributed by atoms with Crippen LogP contribution in [0.1, 0.15) is 28.2 Å². The van der Waals surface area contributed by atoms with Crippen molar-refractivity contribution in [2.45, 2.75) is 19.3 Å². The molecule has 3 aromatic rings. The Bertz CT molecular complexity index is 1020. The van der Waals surface area contributed by atoms with Gasteiger partial charge < -0.3 is 9.47 Å². The van der Waals surface area contributed by atoms with Crippen molar-refractivity contribution in [3.05, 3.63) is 95.1 Å². The number of amides is 1. The number of hydrogen-bond donors (Lipinski definition) is 1. The Balaban J connectivity index is 1.77. The molecule has 0 heterocycles. The van der Waals surface area contributed by atoms with Gasteiger partial charge in [0.1, 0.15) is 0 Å². The average Bonchev–Trinajstić information content (AvgIpc) is 2.78. The lowest BCUT2D eigenvalue weighted by molar-refractivity contribution is -0.122. The molecule has 0 saturated heterocycles. The number of hydrogen-bond acceptors (Lipinski definition) is 4. The molecule has 0 aliphatic rings. The van der Waals surface area contributed by atoms with E-state index in [0.29, 0.717) is 17.9 Å². The first-order valence-electron chi connectivity index (χ1n) is 9.76. The molecule has 1 atom stereocenters. The zero-order chi connectivity index (χ0) is 21.3. The van der Waals surface area contributed by atoms with Crippen LogP contribution in [0.5, 0.6) is 11.5 Å². The number of nitrogens with zero attached hydrogens (tertiary/aromatic N) is 1. The highest BCUT2D eigenvalue weighted by Gasteiger charge is 2.21. The van der Waals surface area contributed by atoms with Crippen LogP contribution in [0.2, 0.25) is 0 Å². The monoisotopic (exact) mass is 402 g/mol. The lowest BCUT2D eigenvalue weighted by atomic mass is 9.90. The Morgan fingerprint density at radius 3 is 2.37 bits per heavy atom. The van der Waals surface area contributed by atoms with E-state index in [4.69, 9.17) is 9.47 Å². The molecule has 1 amide bonds. The Morgan fingerprint density at radius 1 is 0.967 bits per heavy atom. The van der Waals surface area contributed by atoms with Crippen molar-refractivity contribution in [2.75, 3.05) is 14.2 Å². The summed E-state index contributed by atoms with van der Waals surface area (Å²) in [6.07, 6.45) is 2.20. The number of methoxy groups -OCH3 is 2. The van der Waals surface area contributed by atoms with E-state index in [0.717, 1.165) is 16.7 Å². The molecule has 0 fully saturated rings. The minimum absolute atomic E-state index is 0.152. The molecule has 3 aromatic carbocycles. The summed E-state index contributed by atoms with van der Waals surface area (Å²) in [5.74, 6) is 0.756. The molecular weight excluding hydrogens is 376 g/mol. The molecule has 1 N–H and O–H groups in total. The van der Waals surface area contributed by atoms with Gasteiger partial charge in [-0.1, -0.05) is 54.6 Å². The molecular formula is C25H26N2O3. The van der Waals surface area contributed by atoms with Gasteiger partial charge in [-0.2, -0.15) is 5.10 Å². The third-order valence-corrected chi connectivity index (χ3v) is 5.00. The van der Waals surface area contributed by atoms with Gasteiger partial charge in [0.2, 0.25) is 5.91 Å². The molecule has 5 heteroatoms. The van der Waals surface area contributed by atoms with Gasteiger partial charge >= 0.3 is 0 Å². The number of carbonyl (C=O) groups is 1. The van der Waals surface area contributed by atoms with E-state index in [1.807, 2.05) is 48.5 Å². The van der Waals surface area contributed by atoms with Crippen molar-refractivity contribution >= 4 is 12.1 Å². The fourth-order valence-corrected chi connectivity index (χ4v) is 3.29. The maximum atomic E-state index is 13.0. The van der Waals surface area contributed by atoms with Gasteiger partial charge in [-0.3, -0.25) is 4.79 Å². The SMILES string of the molecule is COc1ccc(/C=N\NC(=O)[C@H](Cc2ccccc2C)c2ccccc2)cc1OC. The Morgan fingerprint density at radius 2 is 1.67 bits per heavy atom. The first-order chi connectivity index (χ1) is 14.6. The number of ether oxygens (including phenoxy) is 2. The van der Waals surface area contributed by atoms with Crippen LogP contribution < -0.4 is 14.9 Å². The van der Waals surface area contributed by atoms with Crippen LogP contribution in [0.25, 0.3) is 0 Å². The first-order valence-corrected chi connectivity index (χ1v) is 9.76. The molecule has 0 unspecified atom stereocenters. The highest BCUT2D eigenvalue weighted by molar-refractivity contribution is 5.86. The molecule has 0 saturated carbocycles. The lowest BCUT2D eigenvalue weighted by Crippen LogP contribution is -2.27. The van der Waals surface area contributed by atoms with Crippen LogP contribution in [0.15, 0.2) is 77.9 Å². The Hall–Kier alpha value is -3.60. The molecule has 0 aromatic heterocycles. The van der Waals surface area contributed by atoms with Gasteiger partial charge in [-0.15, -0.1) is 0 Å². The molecule has 0 aliphatic carbocycles. The standard InChI is InChI=1S/C25H26N2O3/c1-18-9-7-8-12-21(18)16-22(20-10-5-4-6-11-20)25(28)27-26-17-19-13-14-23(29-2)24(15-19)30-3/h4-15,17,22H,16H2,1-3H3,(H,27,28)/b26-17-/t22-/m1/s1. The predicted octanol–water partition coefficient (Wildman–Crippen LogP) is 4.49. The number of hydrazone groups is 1. The minimum atomic E-state index is -0.338. The molecule has 3 rings (SSSR count). The quantitative estimate of drug-likeness (QED) is 0.446. The Kier molecular flexibility index (Phi) is 7.22. The fraction of sp³-hybridized carbons (Fsp3) is 0.200. The number of nitrogens with one attached hydrogen (secondary N) is 1. The second kappa shape index (κ2) is 10.3. The highest BCUT2D eigenvalue weighted by Crippen LogP contribution is 2.27. The van der Waals surface area contributed by atoms with Crippen LogP contribution in [-0.4, -0.2) is 26.3 Å². The van der Waals surface area contributed by atoms with Gasteiger partial charge in [-0.05, 0) is 53.8 Å². The van der Waals surface area contributed by atoms with Crippen LogP contribution in [-0.2, 0) is 11.2 Å². The maximum absolute atomic E-state index is 13.0. The molecule has 154 valence electrons. The summed E-state index contributed by atoms with van der Waals surface area (Å²) in [5.41, 5.74) is 6.76. The van der Waals surface area contributed by atoms with Crippen molar-refractivity contribution in [1.29, 1.82) is 0 Å². The lowest BCUT2D eigenvalue weighted by Gasteiger charge is -2.17. The van der Waals surface area contributed by atoms with Gasteiger partial charge in [-0.25, -0.2) is 5.43 Å². The van der Waals surface area contributed by atoms with E-state index in [1.54, 1.807) is 32.6 Å². The predicted molar refractivity (Wildman–Crippen MR) is 119 cm³/mol. The van der Waals surface area contributed by atoms with Gasteiger partial charge in [0.05, 0.1) is 26.4 Å². The normalized spacial score (nSPS) is 11.8. The number of carbonyl (C=O) groups excluding carboxylic acids is 1. The molecule has 0 spiro atoms. The smallest absolute Gasteiger partial charge is 0.247 e. The van der Waals surface area contributed by atoms with E-state index in [-0.39, 0.29) is 11.8 Å². The molecule has 30 heavy (non-hydrogen) atoms. The van der Waals surface area contributed by atoms with E-state index in [2.05, 4.69) is 29.6 Å². The van der Waals surface area contributed by atoms with E-state index < -0.39 is 0 Å². The maximum Gasteiger partial charge on any atom is 0.247 e. The summed E-state index contributed by atoms with van der Waals surface area (Å²) in [4.78, 5) is 13.0. The second-order valence-corrected chi connectivity index (χ2v) is 6.94. The topological polar surface area (TPSA) is 59.9 Å². The van der Waals surface area contributed by atoms with Crippen LogP contribution in [0, 0.1) is 6.92 Å². The number of aryl methyl sites for hydroxylation is 1. The van der Waals surface area contributed by atoms with Crippen LogP contribution in [0.4, 0.5) is 0 Å². The van der Waals surface area contributed by atoms with E-state index in [9.17, 15) is 4.79 Å². The van der Waals surface area contributed by atoms with Crippen LogP contribution >= 0.6 is 0 Å². The third-order valence-electron chi connectivity index (χ3n) is 5.00. The van der Waals surface area contributed by atoms with Gasteiger partial charge in [0.25, 0.3) is 0 Å². The number of benzene rings is 3. The van der Waals surface area contributed by atoms with E-state index >= 15 is 0 Å². The molecule has 5 nitrogen and oxygen atoms in total. The van der Waals surface area contributed by atoms with Gasteiger partial charge in [0, 0.05) is 0 Å². The largest absolute Gasteiger partial charge is 0.493 e. The van der Waals surface area contributed by atoms with Gasteiger partial charge in [0.15, 0.2) is 11.5 Å². The van der Waals surface area contributed by atoms with Crippen molar-refractivity contribution in [2.24, 2.45) is 5.10 Å². The number of rotatable bonds is 8. The molecule has 0 radical (unpaired) electrons. The molecule has 0 bridgehead atoms. The summed E-state index contributed by atoms with van der Waals surface area (Å²) in [5, 5.41) is 4.16. The van der Waals surface area contributed by atoms with Crippen molar-refractivity contribution in [3.8, 4) is 11.5 Å². The summed E-state index contributed by atoms with van der Waals surface area (Å²) >= 11 is 0. The minimum Gasteiger partial charge on any atom is -0.493 e. The summed E-state index contributed by atoms with van der Waals surface area (Å²) in [7, 11) is 3.17. The van der Waals surface area contributed by atoms with Crippen molar-refractivity contribution < 1.29 is 14.3 Å². The Labute approximate surface area is 177 Å². The zero-order valence-corrected chi connectivity index (χ0v) is 17.5. The third kappa shape index (κ3) is 5.26. The van der Waals surface area contributed by atoms with Crippen molar-refractivity contribution in [1.82, 2.24) is 5.43 Å². The van der Waals surface area contributed by atoms with Crippen molar-refractivity contribution in [3.63, 3.8) is 0 Å². The summed E-state index contributed by atoms with van der Waals surface area (Å²) in [6, 6.07) is 23.4.